The summed E-state index contributed by atoms with van der Waals surface area (Å²) in [6.07, 6.45) is 9.35. The summed E-state index contributed by atoms with van der Waals surface area (Å²) in [7, 11) is 0. The Labute approximate surface area is 148 Å². The van der Waals surface area contributed by atoms with Gasteiger partial charge in [-0.05, 0) is 56.1 Å². The fourth-order valence-electron chi connectivity index (χ4n) is 7.31. The molecule has 0 aromatic rings. The number of hydrogen-bond donors (Lipinski definition) is 1. The summed E-state index contributed by atoms with van der Waals surface area (Å²) in [4.78, 5) is 24.3. The molecule has 5 rings (SSSR count). The van der Waals surface area contributed by atoms with Crippen molar-refractivity contribution < 1.29 is 19.4 Å². The van der Waals surface area contributed by atoms with Crippen LogP contribution in [0.2, 0.25) is 0 Å². The van der Waals surface area contributed by atoms with Gasteiger partial charge in [0.1, 0.15) is 12.2 Å². The van der Waals surface area contributed by atoms with E-state index in [1.807, 2.05) is 6.08 Å². The molecule has 0 aromatic heterocycles. The highest BCUT2D eigenvalue weighted by molar-refractivity contribution is 6.01. The Hall–Kier alpha value is -1.26. The molecular formula is C21H26O4. The topological polar surface area (TPSA) is 63.6 Å². The zero-order chi connectivity index (χ0) is 17.6. The SMILES string of the molecule is C[C@]12C=CC(=O)C=C1CC[C@H]1[C@H]2[C@@H](O)C[C@@]2(C)[C@H]1CC[C@@]21OCC1=O. The summed E-state index contributed by atoms with van der Waals surface area (Å²) in [6.45, 7) is 4.59. The minimum Gasteiger partial charge on any atom is -0.393 e. The molecule has 0 bridgehead atoms. The zero-order valence-electron chi connectivity index (χ0n) is 15.0. The molecule has 3 saturated carbocycles. The maximum Gasteiger partial charge on any atom is 0.190 e. The first-order valence-electron chi connectivity index (χ1n) is 9.61. The quantitative estimate of drug-likeness (QED) is 0.735. The Bertz CT molecular complexity index is 736. The second-order valence-electron chi connectivity index (χ2n) is 9.29. The number of aliphatic hydroxyl groups excluding tert-OH is 1. The third-order valence-corrected chi connectivity index (χ3v) is 8.52. The van der Waals surface area contributed by atoms with Gasteiger partial charge < -0.3 is 9.84 Å². The molecule has 4 fully saturated rings. The Balaban J connectivity index is 1.56. The van der Waals surface area contributed by atoms with E-state index in [1.165, 1.54) is 5.57 Å². The molecular weight excluding hydrogens is 316 g/mol. The fraction of sp³-hybridized carbons (Fsp3) is 0.714. The average molecular weight is 342 g/mol. The highest BCUT2D eigenvalue weighted by atomic mass is 16.5. The maximum atomic E-state index is 12.4. The smallest absolute Gasteiger partial charge is 0.190 e. The van der Waals surface area contributed by atoms with E-state index in [1.54, 1.807) is 12.2 Å². The van der Waals surface area contributed by atoms with E-state index < -0.39 is 11.7 Å². The molecule has 1 spiro atoms. The number of fused-ring (bicyclic) bond motifs is 6. The molecule has 7 atom stereocenters. The normalized spacial score (nSPS) is 53.8. The number of carbonyl (C=O) groups excluding carboxylic acids is 2. The Morgan fingerprint density at radius 3 is 2.72 bits per heavy atom. The lowest BCUT2D eigenvalue weighted by atomic mass is 9.46. The first-order valence-corrected chi connectivity index (χ1v) is 9.61. The highest BCUT2D eigenvalue weighted by Gasteiger charge is 2.71. The van der Waals surface area contributed by atoms with Gasteiger partial charge >= 0.3 is 0 Å². The molecule has 0 unspecified atom stereocenters. The van der Waals surface area contributed by atoms with Crippen LogP contribution < -0.4 is 0 Å². The fourth-order valence-corrected chi connectivity index (χ4v) is 7.31. The van der Waals surface area contributed by atoms with E-state index in [0.29, 0.717) is 18.3 Å². The molecule has 4 heteroatoms. The lowest BCUT2D eigenvalue weighted by Crippen LogP contribution is -2.67. The number of rotatable bonds is 0. The van der Waals surface area contributed by atoms with Crippen LogP contribution in [0.1, 0.15) is 46.0 Å². The van der Waals surface area contributed by atoms with Crippen molar-refractivity contribution in [3.8, 4) is 0 Å². The lowest BCUT2D eigenvalue weighted by molar-refractivity contribution is -0.224. The van der Waals surface area contributed by atoms with Crippen LogP contribution >= 0.6 is 0 Å². The van der Waals surface area contributed by atoms with Crippen LogP contribution in [0.4, 0.5) is 0 Å². The molecule has 5 aliphatic rings. The van der Waals surface area contributed by atoms with Gasteiger partial charge in [-0.15, -0.1) is 0 Å². The summed E-state index contributed by atoms with van der Waals surface area (Å²) in [5, 5.41) is 11.2. The minimum atomic E-state index is -0.640. The van der Waals surface area contributed by atoms with Crippen molar-refractivity contribution in [1.29, 1.82) is 0 Å². The van der Waals surface area contributed by atoms with E-state index in [4.69, 9.17) is 4.74 Å². The van der Waals surface area contributed by atoms with Gasteiger partial charge in [-0.25, -0.2) is 0 Å². The molecule has 4 nitrogen and oxygen atoms in total. The van der Waals surface area contributed by atoms with Crippen LogP contribution in [0.5, 0.6) is 0 Å². The van der Waals surface area contributed by atoms with E-state index in [9.17, 15) is 14.7 Å². The average Bonchev–Trinajstić information content (AvgIpc) is 2.88. The second-order valence-corrected chi connectivity index (χ2v) is 9.29. The number of ketones is 2. The van der Waals surface area contributed by atoms with Gasteiger partial charge in [0.05, 0.1) is 6.10 Å². The van der Waals surface area contributed by atoms with Gasteiger partial charge in [0.2, 0.25) is 0 Å². The van der Waals surface area contributed by atoms with Crippen LogP contribution in [0.3, 0.4) is 0 Å². The number of allylic oxidation sites excluding steroid dienone is 4. The summed E-state index contributed by atoms with van der Waals surface area (Å²) >= 11 is 0. The third kappa shape index (κ3) is 1.71. The minimum absolute atomic E-state index is 0.0642. The Kier molecular flexibility index (Phi) is 3.01. The zero-order valence-corrected chi connectivity index (χ0v) is 15.0. The summed E-state index contributed by atoms with van der Waals surface area (Å²) in [6, 6.07) is 0. The number of hydrogen-bond acceptors (Lipinski definition) is 4. The molecule has 1 N–H and O–H groups in total. The van der Waals surface area contributed by atoms with Crippen LogP contribution in [-0.4, -0.2) is 35.0 Å². The van der Waals surface area contributed by atoms with Crippen molar-refractivity contribution in [2.24, 2.45) is 28.6 Å². The number of Topliss-reactive ketones (excluding diaryl/α,β-unsaturated/α-hetero) is 1. The summed E-state index contributed by atoms with van der Waals surface area (Å²) < 4.78 is 5.91. The van der Waals surface area contributed by atoms with Crippen molar-refractivity contribution in [3.63, 3.8) is 0 Å². The second kappa shape index (κ2) is 4.72. The van der Waals surface area contributed by atoms with Crippen molar-refractivity contribution in [3.05, 3.63) is 23.8 Å². The first-order chi connectivity index (χ1) is 11.8. The third-order valence-electron chi connectivity index (χ3n) is 8.52. The Morgan fingerprint density at radius 1 is 1.24 bits per heavy atom. The van der Waals surface area contributed by atoms with E-state index in [2.05, 4.69) is 13.8 Å². The number of ether oxygens (including phenoxy) is 1. The monoisotopic (exact) mass is 342 g/mol. The van der Waals surface area contributed by atoms with Crippen LogP contribution in [0, 0.1) is 28.6 Å². The first kappa shape index (κ1) is 16.0. The standard InChI is InChI=1S/C21H26O4/c1-19-7-5-13(22)9-12(19)3-4-14-15-6-8-21(17(24)11-25-21)20(15,2)10-16(23)18(14)19/h5,7,9,14-16,18,23H,3-4,6,8,10-11H2,1-2H3/t14-,15+,16+,18+,19+,20+,21+/m1/s1. The van der Waals surface area contributed by atoms with Crippen LogP contribution in [-0.2, 0) is 14.3 Å². The van der Waals surface area contributed by atoms with E-state index in [0.717, 1.165) is 25.7 Å². The van der Waals surface area contributed by atoms with E-state index >= 15 is 0 Å². The predicted octanol–water partition coefficient (Wildman–Crippen LogP) is 2.60. The molecule has 1 saturated heterocycles. The van der Waals surface area contributed by atoms with E-state index in [-0.39, 0.29) is 34.9 Å². The van der Waals surface area contributed by atoms with Gasteiger partial charge in [-0.3, -0.25) is 9.59 Å². The number of carbonyl (C=O) groups is 2. The van der Waals surface area contributed by atoms with Gasteiger partial charge in [0.15, 0.2) is 11.6 Å². The molecule has 25 heavy (non-hydrogen) atoms. The molecule has 0 amide bonds. The molecule has 134 valence electrons. The lowest BCUT2D eigenvalue weighted by Gasteiger charge is -2.61. The molecule has 1 heterocycles. The van der Waals surface area contributed by atoms with Crippen molar-refractivity contribution in [2.75, 3.05) is 6.61 Å². The number of aliphatic hydroxyl groups is 1. The van der Waals surface area contributed by atoms with Gasteiger partial charge in [-0.1, -0.05) is 25.5 Å². The van der Waals surface area contributed by atoms with Crippen molar-refractivity contribution in [2.45, 2.75) is 57.7 Å². The van der Waals surface area contributed by atoms with Gasteiger partial charge in [0.25, 0.3) is 0 Å². The van der Waals surface area contributed by atoms with Crippen LogP contribution in [0.25, 0.3) is 0 Å². The molecule has 0 radical (unpaired) electrons. The van der Waals surface area contributed by atoms with Crippen molar-refractivity contribution >= 4 is 11.6 Å². The van der Waals surface area contributed by atoms with Crippen molar-refractivity contribution in [1.82, 2.24) is 0 Å². The van der Waals surface area contributed by atoms with Gasteiger partial charge in [0, 0.05) is 16.7 Å². The largest absolute Gasteiger partial charge is 0.393 e. The maximum absolute atomic E-state index is 12.4. The summed E-state index contributed by atoms with van der Waals surface area (Å²) in [5.41, 5.74) is 0.0403. The Morgan fingerprint density at radius 2 is 2.04 bits per heavy atom. The molecule has 1 aliphatic heterocycles. The van der Waals surface area contributed by atoms with Gasteiger partial charge in [-0.2, -0.15) is 0 Å². The molecule has 4 aliphatic carbocycles. The van der Waals surface area contributed by atoms with Crippen LogP contribution in [0.15, 0.2) is 23.8 Å². The highest BCUT2D eigenvalue weighted by Crippen LogP contribution is 2.68. The molecule has 0 aromatic carbocycles. The summed E-state index contributed by atoms with van der Waals surface area (Å²) in [5.74, 6) is 1.21. The predicted molar refractivity (Wildman–Crippen MR) is 91.7 cm³/mol.